The second-order valence-electron chi connectivity index (χ2n) is 4.56. The smallest absolute Gasteiger partial charge is 0.225 e. The first-order valence-corrected chi connectivity index (χ1v) is 6.94. The lowest BCUT2D eigenvalue weighted by Crippen LogP contribution is -2.37. The Balaban J connectivity index is 2.16. The van der Waals surface area contributed by atoms with Gasteiger partial charge in [0, 0.05) is 29.8 Å². The standard InChI is InChI=1S/C12H18BrN3/c1-9-6-10(2)15-12(14-9)16-5-3-4-11(7-13)8-16/h6,11H,3-5,7-8H2,1-2H3. The molecule has 88 valence electrons. The minimum atomic E-state index is 0.734. The van der Waals surface area contributed by atoms with Crippen molar-refractivity contribution in [2.75, 3.05) is 23.3 Å². The molecule has 1 atom stereocenters. The molecular formula is C12H18BrN3. The first-order chi connectivity index (χ1) is 7.69. The highest BCUT2D eigenvalue weighted by molar-refractivity contribution is 9.09. The second-order valence-corrected chi connectivity index (χ2v) is 5.21. The number of halogens is 1. The average Bonchev–Trinajstić information content (AvgIpc) is 2.28. The van der Waals surface area contributed by atoms with Gasteiger partial charge in [0.1, 0.15) is 0 Å². The fraction of sp³-hybridized carbons (Fsp3) is 0.667. The fourth-order valence-electron chi connectivity index (χ4n) is 2.22. The van der Waals surface area contributed by atoms with Crippen molar-refractivity contribution in [2.45, 2.75) is 26.7 Å². The molecule has 0 bridgehead atoms. The highest BCUT2D eigenvalue weighted by Gasteiger charge is 2.21. The SMILES string of the molecule is Cc1cc(C)nc(N2CCCC(CBr)C2)n1. The van der Waals surface area contributed by atoms with Gasteiger partial charge in [-0.1, -0.05) is 15.9 Å². The molecule has 2 rings (SSSR count). The van der Waals surface area contributed by atoms with E-state index in [9.17, 15) is 0 Å². The number of hydrogen-bond donors (Lipinski definition) is 0. The number of rotatable bonds is 2. The van der Waals surface area contributed by atoms with E-state index < -0.39 is 0 Å². The summed E-state index contributed by atoms with van der Waals surface area (Å²) in [6.45, 7) is 6.23. The number of alkyl halides is 1. The summed E-state index contributed by atoms with van der Waals surface area (Å²) in [5.74, 6) is 1.64. The summed E-state index contributed by atoms with van der Waals surface area (Å²) in [6, 6.07) is 2.02. The average molecular weight is 284 g/mol. The molecule has 2 heterocycles. The third kappa shape index (κ3) is 2.73. The summed E-state index contributed by atoms with van der Waals surface area (Å²) in [6.07, 6.45) is 2.55. The molecule has 4 heteroatoms. The van der Waals surface area contributed by atoms with Gasteiger partial charge in [0.25, 0.3) is 0 Å². The van der Waals surface area contributed by atoms with Crippen molar-refractivity contribution in [3.05, 3.63) is 17.5 Å². The molecule has 3 nitrogen and oxygen atoms in total. The molecule has 1 aromatic heterocycles. The van der Waals surface area contributed by atoms with Gasteiger partial charge < -0.3 is 4.90 Å². The van der Waals surface area contributed by atoms with Crippen molar-refractivity contribution in [2.24, 2.45) is 5.92 Å². The molecule has 0 radical (unpaired) electrons. The number of piperidine rings is 1. The van der Waals surface area contributed by atoms with Gasteiger partial charge in [-0.15, -0.1) is 0 Å². The Kier molecular flexibility index (Phi) is 3.79. The van der Waals surface area contributed by atoms with Gasteiger partial charge in [0.2, 0.25) is 5.95 Å². The van der Waals surface area contributed by atoms with E-state index in [1.807, 2.05) is 19.9 Å². The molecule has 1 aliphatic rings. The van der Waals surface area contributed by atoms with E-state index in [1.54, 1.807) is 0 Å². The predicted molar refractivity (Wildman–Crippen MR) is 70.2 cm³/mol. The van der Waals surface area contributed by atoms with Crippen LogP contribution in [0.2, 0.25) is 0 Å². The first-order valence-electron chi connectivity index (χ1n) is 5.82. The molecule has 1 fully saturated rings. The van der Waals surface area contributed by atoms with Crippen LogP contribution in [0.5, 0.6) is 0 Å². The number of aryl methyl sites for hydroxylation is 2. The molecule has 0 aromatic carbocycles. The number of nitrogens with zero attached hydrogens (tertiary/aromatic N) is 3. The van der Waals surface area contributed by atoms with E-state index in [1.165, 1.54) is 12.8 Å². The third-order valence-electron chi connectivity index (χ3n) is 2.99. The lowest BCUT2D eigenvalue weighted by atomic mass is 10.0. The summed E-state index contributed by atoms with van der Waals surface area (Å²) in [7, 11) is 0. The summed E-state index contributed by atoms with van der Waals surface area (Å²) in [5.41, 5.74) is 2.12. The molecule has 1 aromatic rings. The zero-order valence-corrected chi connectivity index (χ0v) is 11.5. The molecule has 1 unspecified atom stereocenters. The van der Waals surface area contributed by atoms with E-state index in [0.29, 0.717) is 0 Å². The summed E-state index contributed by atoms with van der Waals surface area (Å²) in [5, 5.41) is 1.08. The van der Waals surface area contributed by atoms with Crippen LogP contribution >= 0.6 is 15.9 Å². The van der Waals surface area contributed by atoms with Gasteiger partial charge in [-0.25, -0.2) is 9.97 Å². The van der Waals surface area contributed by atoms with E-state index >= 15 is 0 Å². The van der Waals surface area contributed by atoms with Gasteiger partial charge in [-0.3, -0.25) is 0 Å². The van der Waals surface area contributed by atoms with Gasteiger partial charge >= 0.3 is 0 Å². The van der Waals surface area contributed by atoms with Crippen LogP contribution in [-0.2, 0) is 0 Å². The minimum Gasteiger partial charge on any atom is -0.341 e. The number of aromatic nitrogens is 2. The number of hydrogen-bond acceptors (Lipinski definition) is 3. The van der Waals surface area contributed by atoms with Crippen LogP contribution in [0.1, 0.15) is 24.2 Å². The largest absolute Gasteiger partial charge is 0.341 e. The maximum atomic E-state index is 4.53. The fourth-order valence-corrected chi connectivity index (χ4v) is 2.75. The van der Waals surface area contributed by atoms with E-state index in [0.717, 1.165) is 41.7 Å². The maximum absolute atomic E-state index is 4.53. The monoisotopic (exact) mass is 283 g/mol. The zero-order valence-electron chi connectivity index (χ0n) is 9.91. The van der Waals surface area contributed by atoms with Gasteiger partial charge in [-0.05, 0) is 38.7 Å². The highest BCUT2D eigenvalue weighted by atomic mass is 79.9. The topological polar surface area (TPSA) is 29.0 Å². The molecule has 16 heavy (non-hydrogen) atoms. The van der Waals surface area contributed by atoms with Crippen LogP contribution < -0.4 is 4.90 Å². The van der Waals surface area contributed by atoms with Crippen LogP contribution in [0, 0.1) is 19.8 Å². The lowest BCUT2D eigenvalue weighted by Gasteiger charge is -2.32. The van der Waals surface area contributed by atoms with Crippen molar-refractivity contribution < 1.29 is 0 Å². The van der Waals surface area contributed by atoms with Crippen molar-refractivity contribution in [3.63, 3.8) is 0 Å². The predicted octanol–water partition coefficient (Wildman–Crippen LogP) is 2.70. The van der Waals surface area contributed by atoms with Crippen LogP contribution in [0.4, 0.5) is 5.95 Å². The lowest BCUT2D eigenvalue weighted by molar-refractivity contribution is 0.449. The Morgan fingerprint density at radius 3 is 2.69 bits per heavy atom. The van der Waals surface area contributed by atoms with Gasteiger partial charge in [0.05, 0.1) is 0 Å². The molecule has 0 spiro atoms. The molecule has 0 aliphatic carbocycles. The Bertz CT molecular complexity index is 347. The summed E-state index contributed by atoms with van der Waals surface area (Å²) < 4.78 is 0. The van der Waals surface area contributed by atoms with Crippen LogP contribution in [0.25, 0.3) is 0 Å². The van der Waals surface area contributed by atoms with E-state index in [2.05, 4.69) is 30.8 Å². The van der Waals surface area contributed by atoms with Crippen molar-refractivity contribution >= 4 is 21.9 Å². The van der Waals surface area contributed by atoms with Crippen molar-refractivity contribution in [1.82, 2.24) is 9.97 Å². The van der Waals surface area contributed by atoms with Crippen LogP contribution in [0.15, 0.2) is 6.07 Å². The highest BCUT2D eigenvalue weighted by Crippen LogP contribution is 2.22. The van der Waals surface area contributed by atoms with Crippen molar-refractivity contribution in [3.8, 4) is 0 Å². The van der Waals surface area contributed by atoms with E-state index in [4.69, 9.17) is 0 Å². The minimum absolute atomic E-state index is 0.734. The van der Waals surface area contributed by atoms with Crippen molar-refractivity contribution in [1.29, 1.82) is 0 Å². The number of anilines is 1. The summed E-state index contributed by atoms with van der Waals surface area (Å²) in [4.78, 5) is 11.4. The van der Waals surface area contributed by atoms with Gasteiger partial charge in [-0.2, -0.15) is 0 Å². The quantitative estimate of drug-likeness (QED) is 0.782. The molecule has 0 amide bonds. The maximum Gasteiger partial charge on any atom is 0.225 e. The second kappa shape index (κ2) is 5.13. The van der Waals surface area contributed by atoms with Crippen LogP contribution in [0.3, 0.4) is 0 Å². The molecule has 1 aliphatic heterocycles. The Morgan fingerprint density at radius 2 is 2.06 bits per heavy atom. The molecule has 0 N–H and O–H groups in total. The Labute approximate surface area is 105 Å². The molecule has 1 saturated heterocycles. The Hall–Kier alpha value is -0.640. The summed E-state index contributed by atoms with van der Waals surface area (Å²) >= 11 is 3.57. The molecular weight excluding hydrogens is 266 g/mol. The molecule has 0 saturated carbocycles. The third-order valence-corrected chi connectivity index (χ3v) is 3.91. The first kappa shape index (κ1) is 11.8. The Morgan fingerprint density at radius 1 is 1.38 bits per heavy atom. The normalized spacial score (nSPS) is 21.2. The van der Waals surface area contributed by atoms with Crippen LogP contribution in [-0.4, -0.2) is 28.4 Å². The zero-order chi connectivity index (χ0) is 11.5. The van der Waals surface area contributed by atoms with E-state index in [-0.39, 0.29) is 0 Å². The van der Waals surface area contributed by atoms with Gasteiger partial charge in [0.15, 0.2) is 0 Å².